The van der Waals surface area contributed by atoms with Crippen molar-refractivity contribution in [3.05, 3.63) is 22.2 Å². The Morgan fingerprint density at radius 2 is 2.00 bits per heavy atom. The topological polar surface area (TPSA) is 80.7 Å². The van der Waals surface area contributed by atoms with Crippen LogP contribution in [-0.4, -0.2) is 26.1 Å². The van der Waals surface area contributed by atoms with E-state index in [-0.39, 0.29) is 17.0 Å². The van der Waals surface area contributed by atoms with Gasteiger partial charge in [0.25, 0.3) is 9.05 Å². The van der Waals surface area contributed by atoms with Crippen molar-refractivity contribution in [3.63, 3.8) is 0 Å². The molecule has 0 heterocycles. The maximum atomic E-state index is 12.2. The summed E-state index contributed by atoms with van der Waals surface area (Å²) in [5, 5.41) is 9.84. The third-order valence-corrected chi connectivity index (χ3v) is 4.93. The molecule has 0 saturated carbocycles. The third kappa shape index (κ3) is 4.86. The number of carbonyl (C=O) groups is 1. The van der Waals surface area contributed by atoms with Crippen LogP contribution in [0.2, 0.25) is 0 Å². The maximum Gasteiger partial charge on any atom is 0.313 e. The smallest absolute Gasteiger partial charge is 0.313 e. The van der Waals surface area contributed by atoms with Crippen LogP contribution in [0.4, 0.5) is 0 Å². The first-order valence-corrected chi connectivity index (χ1v) is 9.81. The van der Waals surface area contributed by atoms with Gasteiger partial charge in [-0.05, 0) is 52.9 Å². The van der Waals surface area contributed by atoms with Crippen molar-refractivity contribution in [2.75, 3.05) is 6.61 Å². The third-order valence-electron chi connectivity index (χ3n) is 2.99. The van der Waals surface area contributed by atoms with Crippen LogP contribution in [0.25, 0.3) is 0 Å². The number of rotatable bonds is 6. The molecule has 0 amide bonds. The lowest BCUT2D eigenvalue weighted by Gasteiger charge is -2.19. The number of hydrogen-bond donors (Lipinski definition) is 1. The van der Waals surface area contributed by atoms with Crippen molar-refractivity contribution in [3.8, 4) is 5.75 Å². The molecule has 0 aliphatic heterocycles. The van der Waals surface area contributed by atoms with E-state index in [0.717, 1.165) is 0 Å². The average Bonchev–Trinajstić information content (AvgIpc) is 2.37. The normalized spacial score (nSPS) is 13.2. The highest BCUT2D eigenvalue weighted by Gasteiger charge is 2.27. The molecule has 8 heteroatoms. The largest absolute Gasteiger partial charge is 0.505 e. The predicted molar refractivity (Wildman–Crippen MR) is 87.7 cm³/mol. The second-order valence-electron chi connectivity index (χ2n) is 5.22. The lowest BCUT2D eigenvalue weighted by molar-refractivity contribution is -0.145. The molecule has 1 aromatic rings. The predicted octanol–water partition coefficient (Wildman–Crippen LogP) is 3.78. The van der Waals surface area contributed by atoms with Gasteiger partial charge in [-0.25, -0.2) is 8.42 Å². The minimum Gasteiger partial charge on any atom is -0.505 e. The van der Waals surface area contributed by atoms with Crippen molar-refractivity contribution < 1.29 is 23.1 Å². The fourth-order valence-corrected chi connectivity index (χ4v) is 3.64. The van der Waals surface area contributed by atoms with Crippen molar-refractivity contribution in [2.24, 2.45) is 5.92 Å². The molecule has 0 aliphatic carbocycles. The number of carbonyl (C=O) groups excluding carboxylic acids is 1. The van der Waals surface area contributed by atoms with Gasteiger partial charge in [-0.1, -0.05) is 13.8 Å². The number of esters is 1. The minimum absolute atomic E-state index is 0.155. The SMILES string of the molecule is CCOC(=O)C(CC(C)C)c1cc(Br)c(O)c(S(=O)(=O)Cl)c1. The van der Waals surface area contributed by atoms with Crippen LogP contribution in [0, 0.1) is 5.92 Å². The molecule has 0 bridgehead atoms. The van der Waals surface area contributed by atoms with Gasteiger partial charge in [0.1, 0.15) is 10.6 Å². The van der Waals surface area contributed by atoms with E-state index in [2.05, 4.69) is 15.9 Å². The van der Waals surface area contributed by atoms with E-state index in [1.165, 1.54) is 12.1 Å². The van der Waals surface area contributed by atoms with Crippen LogP contribution in [0.3, 0.4) is 0 Å². The molecule has 0 aromatic heterocycles. The number of phenolic OH excluding ortho intramolecular Hbond substituents is 1. The summed E-state index contributed by atoms with van der Waals surface area (Å²) in [6.45, 7) is 5.82. The highest BCUT2D eigenvalue weighted by molar-refractivity contribution is 9.10. The van der Waals surface area contributed by atoms with Gasteiger partial charge in [-0.15, -0.1) is 0 Å². The minimum atomic E-state index is -4.14. The number of benzene rings is 1. The fourth-order valence-electron chi connectivity index (χ4n) is 2.06. The summed E-state index contributed by atoms with van der Waals surface area (Å²) in [5.41, 5.74) is 0.427. The van der Waals surface area contributed by atoms with Crippen molar-refractivity contribution in [2.45, 2.75) is 38.0 Å². The Hall–Kier alpha value is -0.790. The van der Waals surface area contributed by atoms with Crippen LogP contribution in [-0.2, 0) is 18.6 Å². The maximum absolute atomic E-state index is 12.2. The number of phenols is 1. The molecule has 5 nitrogen and oxygen atoms in total. The van der Waals surface area contributed by atoms with E-state index >= 15 is 0 Å². The van der Waals surface area contributed by atoms with Crippen LogP contribution in [0.1, 0.15) is 38.7 Å². The zero-order chi connectivity index (χ0) is 17.1. The molecule has 1 aromatic carbocycles. The summed E-state index contributed by atoms with van der Waals surface area (Å²) in [6.07, 6.45) is 0.484. The fraction of sp³-hybridized carbons (Fsp3) is 0.500. The standard InChI is InChI=1S/C14H18BrClO5S/c1-4-21-14(18)10(5-8(2)3)9-6-11(15)13(17)12(7-9)22(16,19)20/h6-8,10,17H,4-5H2,1-3H3. The second kappa shape index (κ2) is 7.66. The number of aromatic hydroxyl groups is 1. The zero-order valence-corrected chi connectivity index (χ0v) is 15.6. The van der Waals surface area contributed by atoms with Crippen LogP contribution in [0.5, 0.6) is 5.75 Å². The summed E-state index contributed by atoms with van der Waals surface area (Å²) >= 11 is 3.09. The van der Waals surface area contributed by atoms with Gasteiger partial charge in [0.05, 0.1) is 17.0 Å². The van der Waals surface area contributed by atoms with Gasteiger partial charge in [-0.3, -0.25) is 4.79 Å². The molecular formula is C14H18BrClO5S. The van der Waals surface area contributed by atoms with E-state index in [1.807, 2.05) is 13.8 Å². The summed E-state index contributed by atoms with van der Waals surface area (Å²) in [5.74, 6) is -1.36. The van der Waals surface area contributed by atoms with E-state index in [1.54, 1.807) is 6.92 Å². The highest BCUT2D eigenvalue weighted by Crippen LogP contribution is 2.38. The van der Waals surface area contributed by atoms with Gasteiger partial charge in [0, 0.05) is 10.7 Å². The van der Waals surface area contributed by atoms with E-state index < -0.39 is 31.6 Å². The Morgan fingerprint density at radius 1 is 1.41 bits per heavy atom. The molecule has 124 valence electrons. The molecule has 1 unspecified atom stereocenters. The quantitative estimate of drug-likeness (QED) is 0.567. The molecule has 0 aliphatic rings. The molecular weight excluding hydrogens is 396 g/mol. The molecule has 0 saturated heterocycles. The molecule has 1 N–H and O–H groups in total. The van der Waals surface area contributed by atoms with Crippen LogP contribution >= 0.6 is 26.6 Å². The Balaban J connectivity index is 3.42. The molecule has 0 fully saturated rings. The molecule has 0 radical (unpaired) electrons. The summed E-state index contributed by atoms with van der Waals surface area (Å²) < 4.78 is 28.3. The highest BCUT2D eigenvalue weighted by atomic mass is 79.9. The van der Waals surface area contributed by atoms with Crippen molar-refractivity contribution in [1.29, 1.82) is 0 Å². The first kappa shape index (κ1) is 19.3. The zero-order valence-electron chi connectivity index (χ0n) is 12.5. The summed E-state index contributed by atoms with van der Waals surface area (Å²) in [7, 11) is 1.20. The Bertz CT molecular complexity index is 657. The number of ether oxygens (including phenoxy) is 1. The summed E-state index contributed by atoms with van der Waals surface area (Å²) in [4.78, 5) is 11.7. The first-order chi connectivity index (χ1) is 10.1. The van der Waals surface area contributed by atoms with E-state index in [9.17, 15) is 18.3 Å². The lowest BCUT2D eigenvalue weighted by Crippen LogP contribution is -2.18. The van der Waals surface area contributed by atoms with Crippen molar-refractivity contribution >= 4 is 41.6 Å². The van der Waals surface area contributed by atoms with Crippen LogP contribution in [0.15, 0.2) is 21.5 Å². The van der Waals surface area contributed by atoms with Gasteiger partial charge in [0.15, 0.2) is 0 Å². The number of halogens is 2. The van der Waals surface area contributed by atoms with E-state index in [4.69, 9.17) is 15.4 Å². The number of hydrogen-bond acceptors (Lipinski definition) is 5. The van der Waals surface area contributed by atoms with Gasteiger partial charge < -0.3 is 9.84 Å². The molecule has 22 heavy (non-hydrogen) atoms. The summed E-state index contributed by atoms with van der Waals surface area (Å²) in [6, 6.07) is 2.72. The Kier molecular flexibility index (Phi) is 6.70. The van der Waals surface area contributed by atoms with Gasteiger partial charge in [-0.2, -0.15) is 0 Å². The van der Waals surface area contributed by atoms with Crippen molar-refractivity contribution in [1.82, 2.24) is 0 Å². The Morgan fingerprint density at radius 3 is 2.45 bits per heavy atom. The van der Waals surface area contributed by atoms with Gasteiger partial charge in [0.2, 0.25) is 0 Å². The van der Waals surface area contributed by atoms with Crippen LogP contribution < -0.4 is 0 Å². The monoisotopic (exact) mass is 412 g/mol. The van der Waals surface area contributed by atoms with E-state index in [0.29, 0.717) is 12.0 Å². The average molecular weight is 414 g/mol. The van der Waals surface area contributed by atoms with Gasteiger partial charge >= 0.3 is 5.97 Å². The molecule has 1 rings (SSSR count). The molecule has 0 spiro atoms. The Labute approximate surface area is 143 Å². The molecule has 1 atom stereocenters. The first-order valence-electron chi connectivity index (χ1n) is 6.71. The lowest BCUT2D eigenvalue weighted by atomic mass is 9.90. The second-order valence-corrected chi connectivity index (χ2v) is 8.61.